The molecule has 0 amide bonds. The summed E-state index contributed by atoms with van der Waals surface area (Å²) in [7, 11) is 0. The molecule has 0 saturated carbocycles. The standard InChI is InChI=1S/C9H9NO2.C2H6/c10-5-6-1-2-8-7(3-6)4-9(11)12-8;1-2/h1-3H,4-5,10H2;1-2H3. The first-order chi connectivity index (χ1) is 6.79. The number of esters is 1. The summed E-state index contributed by atoms with van der Waals surface area (Å²) in [4.78, 5) is 10.8. The zero-order valence-electron chi connectivity index (χ0n) is 8.54. The van der Waals surface area contributed by atoms with Crippen molar-refractivity contribution in [3.8, 4) is 5.75 Å². The Morgan fingerprint density at radius 3 is 2.79 bits per heavy atom. The maximum absolute atomic E-state index is 10.8. The molecule has 0 saturated heterocycles. The second-order valence-corrected chi connectivity index (χ2v) is 2.80. The summed E-state index contributed by atoms with van der Waals surface area (Å²) >= 11 is 0. The number of hydrogen-bond acceptors (Lipinski definition) is 3. The second kappa shape index (κ2) is 4.77. The summed E-state index contributed by atoms with van der Waals surface area (Å²) in [6.07, 6.45) is 0.378. The van der Waals surface area contributed by atoms with E-state index in [1.54, 1.807) is 6.07 Å². The van der Waals surface area contributed by atoms with E-state index in [-0.39, 0.29) is 5.97 Å². The molecule has 0 bridgehead atoms. The van der Waals surface area contributed by atoms with Gasteiger partial charge in [0, 0.05) is 12.1 Å². The van der Waals surface area contributed by atoms with E-state index < -0.39 is 0 Å². The molecule has 1 aliphatic rings. The number of hydrogen-bond donors (Lipinski definition) is 1. The van der Waals surface area contributed by atoms with Crippen molar-refractivity contribution in [2.24, 2.45) is 5.73 Å². The van der Waals surface area contributed by atoms with Gasteiger partial charge in [0.25, 0.3) is 0 Å². The quantitative estimate of drug-likeness (QED) is 0.545. The maximum atomic E-state index is 10.8. The fourth-order valence-corrected chi connectivity index (χ4v) is 1.31. The van der Waals surface area contributed by atoms with Crippen LogP contribution < -0.4 is 10.5 Å². The van der Waals surface area contributed by atoms with Crippen LogP contribution in [-0.4, -0.2) is 5.97 Å². The highest BCUT2D eigenvalue weighted by Gasteiger charge is 2.19. The van der Waals surface area contributed by atoms with E-state index in [4.69, 9.17) is 10.5 Å². The fourth-order valence-electron chi connectivity index (χ4n) is 1.31. The van der Waals surface area contributed by atoms with Crippen LogP contribution in [-0.2, 0) is 17.8 Å². The number of rotatable bonds is 1. The molecule has 1 aromatic rings. The number of benzene rings is 1. The Hall–Kier alpha value is -1.35. The lowest BCUT2D eigenvalue weighted by molar-refractivity contribution is -0.131. The highest BCUT2D eigenvalue weighted by Crippen LogP contribution is 2.26. The summed E-state index contributed by atoms with van der Waals surface area (Å²) in [5.74, 6) is 0.497. The molecule has 2 rings (SSSR count). The van der Waals surface area contributed by atoms with Gasteiger partial charge >= 0.3 is 5.97 Å². The molecule has 1 aromatic carbocycles. The van der Waals surface area contributed by atoms with Crippen LogP contribution in [0.1, 0.15) is 25.0 Å². The summed E-state index contributed by atoms with van der Waals surface area (Å²) in [6, 6.07) is 5.58. The topological polar surface area (TPSA) is 52.3 Å². The third-order valence-electron chi connectivity index (χ3n) is 1.92. The van der Waals surface area contributed by atoms with Crippen molar-refractivity contribution in [2.45, 2.75) is 26.8 Å². The van der Waals surface area contributed by atoms with Crippen LogP contribution in [0.5, 0.6) is 5.75 Å². The summed E-state index contributed by atoms with van der Waals surface area (Å²) in [5, 5.41) is 0. The van der Waals surface area contributed by atoms with Crippen molar-refractivity contribution in [1.29, 1.82) is 0 Å². The largest absolute Gasteiger partial charge is 0.426 e. The van der Waals surface area contributed by atoms with E-state index >= 15 is 0 Å². The molecule has 14 heavy (non-hydrogen) atoms. The molecule has 3 nitrogen and oxygen atoms in total. The molecule has 2 N–H and O–H groups in total. The van der Waals surface area contributed by atoms with Crippen LogP contribution in [0.4, 0.5) is 0 Å². The third kappa shape index (κ3) is 2.12. The van der Waals surface area contributed by atoms with E-state index in [0.717, 1.165) is 11.1 Å². The molecule has 0 radical (unpaired) electrons. The van der Waals surface area contributed by atoms with Crippen molar-refractivity contribution in [3.05, 3.63) is 29.3 Å². The Morgan fingerprint density at radius 1 is 1.43 bits per heavy atom. The molecule has 0 fully saturated rings. The predicted molar refractivity (Wildman–Crippen MR) is 55.0 cm³/mol. The molecular formula is C11H15NO2. The Labute approximate surface area is 83.9 Å². The Bertz CT molecular complexity index is 334. The predicted octanol–water partition coefficient (Wildman–Crippen LogP) is 1.63. The van der Waals surface area contributed by atoms with E-state index in [0.29, 0.717) is 18.7 Å². The first-order valence-corrected chi connectivity index (χ1v) is 4.82. The van der Waals surface area contributed by atoms with Gasteiger partial charge in [-0.2, -0.15) is 0 Å². The molecule has 76 valence electrons. The van der Waals surface area contributed by atoms with E-state index in [2.05, 4.69) is 0 Å². The van der Waals surface area contributed by atoms with E-state index in [9.17, 15) is 4.79 Å². The molecule has 1 heterocycles. The molecule has 0 aliphatic carbocycles. The normalized spacial score (nSPS) is 12.6. The second-order valence-electron chi connectivity index (χ2n) is 2.80. The average molecular weight is 193 g/mol. The Balaban J connectivity index is 0.000000461. The Kier molecular flexibility index (Phi) is 3.65. The lowest BCUT2D eigenvalue weighted by Gasteiger charge is -1.98. The van der Waals surface area contributed by atoms with Gasteiger partial charge in [0.05, 0.1) is 6.42 Å². The van der Waals surface area contributed by atoms with Gasteiger partial charge in [-0.1, -0.05) is 26.0 Å². The zero-order valence-corrected chi connectivity index (χ0v) is 8.54. The highest BCUT2D eigenvalue weighted by molar-refractivity contribution is 5.80. The average Bonchev–Trinajstić information content (AvgIpc) is 2.59. The van der Waals surface area contributed by atoms with Gasteiger partial charge in [-0.25, -0.2) is 0 Å². The minimum Gasteiger partial charge on any atom is -0.426 e. The third-order valence-corrected chi connectivity index (χ3v) is 1.92. The van der Waals surface area contributed by atoms with Crippen molar-refractivity contribution in [2.75, 3.05) is 0 Å². The van der Waals surface area contributed by atoms with Crippen LogP contribution in [0.2, 0.25) is 0 Å². The highest BCUT2D eigenvalue weighted by atomic mass is 16.5. The fraction of sp³-hybridized carbons (Fsp3) is 0.364. The van der Waals surface area contributed by atoms with Crippen LogP contribution >= 0.6 is 0 Å². The van der Waals surface area contributed by atoms with Gasteiger partial charge in [-0.15, -0.1) is 0 Å². The molecule has 0 aromatic heterocycles. The molecule has 1 aliphatic heterocycles. The van der Waals surface area contributed by atoms with E-state index in [1.807, 2.05) is 26.0 Å². The number of carbonyl (C=O) groups is 1. The van der Waals surface area contributed by atoms with Gasteiger partial charge in [0.1, 0.15) is 5.75 Å². The zero-order chi connectivity index (χ0) is 10.6. The van der Waals surface area contributed by atoms with Gasteiger partial charge in [0.2, 0.25) is 0 Å². The van der Waals surface area contributed by atoms with Gasteiger partial charge in [-0.05, 0) is 11.6 Å². The van der Waals surface area contributed by atoms with Crippen LogP contribution in [0, 0.1) is 0 Å². The minimum atomic E-state index is -0.181. The van der Waals surface area contributed by atoms with Gasteiger partial charge in [0.15, 0.2) is 0 Å². The molecule has 0 spiro atoms. The van der Waals surface area contributed by atoms with Crippen LogP contribution in [0.25, 0.3) is 0 Å². The monoisotopic (exact) mass is 193 g/mol. The number of fused-ring (bicyclic) bond motifs is 1. The molecular weight excluding hydrogens is 178 g/mol. The number of carbonyl (C=O) groups excluding carboxylic acids is 1. The lowest BCUT2D eigenvalue weighted by atomic mass is 10.1. The smallest absolute Gasteiger partial charge is 0.315 e. The maximum Gasteiger partial charge on any atom is 0.315 e. The summed E-state index contributed by atoms with van der Waals surface area (Å²) in [6.45, 7) is 4.50. The first-order valence-electron chi connectivity index (χ1n) is 4.82. The Morgan fingerprint density at radius 2 is 2.14 bits per heavy atom. The molecule has 0 unspecified atom stereocenters. The van der Waals surface area contributed by atoms with E-state index in [1.165, 1.54) is 0 Å². The van der Waals surface area contributed by atoms with Crippen molar-refractivity contribution >= 4 is 5.97 Å². The SMILES string of the molecule is CC.NCc1ccc2c(c1)CC(=O)O2. The lowest BCUT2D eigenvalue weighted by Crippen LogP contribution is -2.00. The van der Waals surface area contributed by atoms with Crippen LogP contribution in [0.15, 0.2) is 18.2 Å². The van der Waals surface area contributed by atoms with Crippen LogP contribution in [0.3, 0.4) is 0 Å². The molecule has 3 heteroatoms. The van der Waals surface area contributed by atoms with Gasteiger partial charge < -0.3 is 10.5 Å². The minimum absolute atomic E-state index is 0.181. The number of nitrogens with two attached hydrogens (primary N) is 1. The summed E-state index contributed by atoms with van der Waals surface area (Å²) < 4.78 is 4.93. The van der Waals surface area contributed by atoms with Crippen molar-refractivity contribution in [3.63, 3.8) is 0 Å². The van der Waals surface area contributed by atoms with Gasteiger partial charge in [-0.3, -0.25) is 4.79 Å². The van der Waals surface area contributed by atoms with Crippen molar-refractivity contribution in [1.82, 2.24) is 0 Å². The molecule has 0 atom stereocenters. The first kappa shape index (κ1) is 10.7. The van der Waals surface area contributed by atoms with Crippen molar-refractivity contribution < 1.29 is 9.53 Å². The summed E-state index contributed by atoms with van der Waals surface area (Å²) in [5.41, 5.74) is 7.43. The number of ether oxygens (including phenoxy) is 1.